The number of oxazole rings is 1. The molecule has 8 nitrogen and oxygen atoms in total. The van der Waals surface area contributed by atoms with E-state index in [1.54, 1.807) is 0 Å². The SMILES string of the molecule is CCc1ccc2oc(-c3cc(NC(=O)c4cc([N+](=O)[O-])ccc4Cl)ccc3O)nc2c1. The van der Waals surface area contributed by atoms with Gasteiger partial charge in [-0.05, 0) is 48.4 Å². The van der Waals surface area contributed by atoms with Crippen LogP contribution >= 0.6 is 11.6 Å². The number of nitro groups is 1. The number of anilines is 1. The Morgan fingerprint density at radius 1 is 1.19 bits per heavy atom. The number of fused-ring (bicyclic) bond motifs is 1. The molecule has 0 unspecified atom stereocenters. The zero-order valence-electron chi connectivity index (χ0n) is 16.3. The maximum atomic E-state index is 12.6. The van der Waals surface area contributed by atoms with E-state index in [0.29, 0.717) is 16.8 Å². The first-order valence-electron chi connectivity index (χ1n) is 9.34. The third-order valence-corrected chi connectivity index (χ3v) is 5.08. The van der Waals surface area contributed by atoms with Gasteiger partial charge in [0.15, 0.2) is 5.58 Å². The predicted molar refractivity (Wildman–Crippen MR) is 117 cm³/mol. The van der Waals surface area contributed by atoms with Gasteiger partial charge < -0.3 is 14.8 Å². The Morgan fingerprint density at radius 3 is 2.74 bits per heavy atom. The van der Waals surface area contributed by atoms with Crippen molar-refractivity contribution in [2.75, 3.05) is 5.32 Å². The molecule has 1 amide bonds. The Bertz CT molecular complexity index is 1330. The highest BCUT2D eigenvalue weighted by molar-refractivity contribution is 6.34. The standard InChI is InChI=1S/C22H16ClN3O5/c1-2-12-3-8-20-18(9-12)25-22(31-20)16-10-13(4-7-19(16)27)24-21(28)15-11-14(26(29)30)5-6-17(15)23/h3-11,27H,2H2,1H3,(H,24,28). The number of aryl methyl sites for hydroxylation is 1. The molecule has 0 aliphatic rings. The number of phenolic OH excluding ortho intramolecular Hbond substituents is 1. The molecular formula is C22H16ClN3O5. The minimum absolute atomic E-state index is 0.0422. The summed E-state index contributed by atoms with van der Waals surface area (Å²) in [5, 5.41) is 24.0. The number of nitrogens with one attached hydrogen (secondary N) is 1. The summed E-state index contributed by atoms with van der Waals surface area (Å²) in [4.78, 5) is 27.5. The van der Waals surface area contributed by atoms with E-state index in [0.717, 1.165) is 18.1 Å². The molecule has 0 aliphatic heterocycles. The van der Waals surface area contributed by atoms with Gasteiger partial charge >= 0.3 is 0 Å². The third-order valence-electron chi connectivity index (χ3n) is 4.75. The number of rotatable bonds is 5. The highest BCUT2D eigenvalue weighted by Crippen LogP contribution is 2.34. The largest absolute Gasteiger partial charge is 0.507 e. The van der Waals surface area contributed by atoms with Crippen LogP contribution in [-0.4, -0.2) is 20.9 Å². The fraction of sp³-hybridized carbons (Fsp3) is 0.0909. The smallest absolute Gasteiger partial charge is 0.270 e. The summed E-state index contributed by atoms with van der Waals surface area (Å²) in [6.07, 6.45) is 0.852. The molecule has 0 aliphatic carbocycles. The second kappa shape index (κ2) is 8.08. The molecule has 0 atom stereocenters. The number of halogens is 1. The number of hydrogen-bond donors (Lipinski definition) is 2. The van der Waals surface area contributed by atoms with E-state index in [2.05, 4.69) is 10.3 Å². The van der Waals surface area contributed by atoms with Crippen LogP contribution in [0.4, 0.5) is 11.4 Å². The maximum Gasteiger partial charge on any atom is 0.270 e. The second-order valence-electron chi connectivity index (χ2n) is 6.78. The van der Waals surface area contributed by atoms with Crippen molar-refractivity contribution < 1.29 is 19.2 Å². The van der Waals surface area contributed by atoms with E-state index < -0.39 is 10.8 Å². The van der Waals surface area contributed by atoms with Crippen molar-refractivity contribution in [1.29, 1.82) is 0 Å². The van der Waals surface area contributed by atoms with Crippen LogP contribution in [0.5, 0.6) is 5.75 Å². The number of hydrogen-bond acceptors (Lipinski definition) is 6. The molecule has 2 N–H and O–H groups in total. The van der Waals surface area contributed by atoms with Crippen LogP contribution in [-0.2, 0) is 6.42 Å². The van der Waals surface area contributed by atoms with Crippen molar-refractivity contribution in [2.45, 2.75) is 13.3 Å². The molecule has 0 saturated heterocycles. The van der Waals surface area contributed by atoms with Crippen molar-refractivity contribution in [3.05, 3.63) is 80.9 Å². The first kappa shape index (κ1) is 20.4. The van der Waals surface area contributed by atoms with E-state index >= 15 is 0 Å². The summed E-state index contributed by atoms with van der Waals surface area (Å²) in [6, 6.07) is 13.7. The fourth-order valence-corrected chi connectivity index (χ4v) is 3.30. The number of non-ortho nitro benzene ring substituents is 1. The zero-order chi connectivity index (χ0) is 22.1. The number of aromatic nitrogens is 1. The number of nitro benzene ring substituents is 1. The number of amides is 1. The molecule has 4 aromatic rings. The number of carbonyl (C=O) groups is 1. The Kier molecular flexibility index (Phi) is 5.31. The van der Waals surface area contributed by atoms with Crippen LogP contribution in [0.25, 0.3) is 22.6 Å². The molecule has 0 saturated carbocycles. The van der Waals surface area contributed by atoms with Crippen LogP contribution in [0.2, 0.25) is 5.02 Å². The van der Waals surface area contributed by atoms with Gasteiger partial charge in [-0.2, -0.15) is 0 Å². The highest BCUT2D eigenvalue weighted by atomic mass is 35.5. The molecule has 0 radical (unpaired) electrons. The maximum absolute atomic E-state index is 12.6. The lowest BCUT2D eigenvalue weighted by molar-refractivity contribution is -0.384. The minimum Gasteiger partial charge on any atom is -0.507 e. The molecule has 0 bridgehead atoms. The van der Waals surface area contributed by atoms with Gasteiger partial charge in [0.05, 0.1) is 21.1 Å². The van der Waals surface area contributed by atoms with Crippen molar-refractivity contribution in [2.24, 2.45) is 0 Å². The number of phenols is 1. The van der Waals surface area contributed by atoms with E-state index in [1.165, 1.54) is 30.3 Å². The summed E-state index contributed by atoms with van der Waals surface area (Å²) in [5.74, 6) is -0.505. The van der Waals surface area contributed by atoms with Crippen LogP contribution in [0.3, 0.4) is 0 Å². The normalized spacial score (nSPS) is 10.9. The molecule has 1 heterocycles. The lowest BCUT2D eigenvalue weighted by Crippen LogP contribution is -2.13. The molecule has 31 heavy (non-hydrogen) atoms. The van der Waals surface area contributed by atoms with E-state index in [9.17, 15) is 20.0 Å². The first-order valence-corrected chi connectivity index (χ1v) is 9.71. The van der Waals surface area contributed by atoms with Gasteiger partial charge in [-0.3, -0.25) is 14.9 Å². The number of benzene rings is 3. The average molecular weight is 438 g/mol. The summed E-state index contributed by atoms with van der Waals surface area (Å²) in [6.45, 7) is 2.04. The quantitative estimate of drug-likeness (QED) is 0.239. The molecular weight excluding hydrogens is 422 g/mol. The number of aromatic hydroxyl groups is 1. The summed E-state index contributed by atoms with van der Waals surface area (Å²) < 4.78 is 5.76. The van der Waals surface area contributed by atoms with Crippen molar-refractivity contribution in [1.82, 2.24) is 4.98 Å². The lowest BCUT2D eigenvalue weighted by Gasteiger charge is -2.09. The summed E-state index contributed by atoms with van der Waals surface area (Å²) in [5.41, 5.74) is 2.66. The van der Waals surface area contributed by atoms with Crippen molar-refractivity contribution >= 4 is 40.0 Å². The monoisotopic (exact) mass is 437 g/mol. The molecule has 4 rings (SSSR count). The average Bonchev–Trinajstić information content (AvgIpc) is 3.18. The Labute approximate surface area is 181 Å². The first-order chi connectivity index (χ1) is 14.9. The van der Waals surface area contributed by atoms with Gasteiger partial charge in [0.25, 0.3) is 11.6 Å². The minimum atomic E-state index is -0.629. The molecule has 1 aromatic heterocycles. The van der Waals surface area contributed by atoms with E-state index in [1.807, 2.05) is 25.1 Å². The van der Waals surface area contributed by atoms with Crippen LogP contribution in [0.1, 0.15) is 22.8 Å². The molecule has 3 aromatic carbocycles. The fourth-order valence-electron chi connectivity index (χ4n) is 3.09. The zero-order valence-corrected chi connectivity index (χ0v) is 17.0. The Balaban J connectivity index is 1.66. The molecule has 9 heteroatoms. The van der Waals surface area contributed by atoms with Crippen molar-refractivity contribution in [3.8, 4) is 17.2 Å². The second-order valence-corrected chi connectivity index (χ2v) is 7.19. The lowest BCUT2D eigenvalue weighted by atomic mass is 10.1. The van der Waals surface area contributed by atoms with Gasteiger partial charge in [0.2, 0.25) is 5.89 Å². The highest BCUT2D eigenvalue weighted by Gasteiger charge is 2.18. The number of carbonyl (C=O) groups excluding carboxylic acids is 1. The van der Waals surface area contributed by atoms with Crippen LogP contribution in [0, 0.1) is 10.1 Å². The van der Waals surface area contributed by atoms with E-state index in [4.69, 9.17) is 16.0 Å². The molecule has 0 fully saturated rings. The van der Waals surface area contributed by atoms with Gasteiger partial charge in [0.1, 0.15) is 11.3 Å². The Morgan fingerprint density at radius 2 is 2.00 bits per heavy atom. The number of nitrogens with zero attached hydrogens (tertiary/aromatic N) is 2. The van der Waals surface area contributed by atoms with Gasteiger partial charge in [-0.1, -0.05) is 24.6 Å². The van der Waals surface area contributed by atoms with Crippen LogP contribution < -0.4 is 5.32 Å². The third kappa shape index (κ3) is 4.06. The van der Waals surface area contributed by atoms with Crippen molar-refractivity contribution in [3.63, 3.8) is 0 Å². The summed E-state index contributed by atoms with van der Waals surface area (Å²) in [7, 11) is 0. The Hall–Kier alpha value is -3.91. The van der Waals surface area contributed by atoms with Crippen LogP contribution in [0.15, 0.2) is 59.0 Å². The topological polar surface area (TPSA) is 118 Å². The molecule has 0 spiro atoms. The molecule has 156 valence electrons. The van der Waals surface area contributed by atoms with Gasteiger partial charge in [-0.15, -0.1) is 0 Å². The van der Waals surface area contributed by atoms with Gasteiger partial charge in [0, 0.05) is 17.8 Å². The predicted octanol–water partition coefficient (Wildman–Crippen LogP) is 5.58. The van der Waals surface area contributed by atoms with E-state index in [-0.39, 0.29) is 33.5 Å². The summed E-state index contributed by atoms with van der Waals surface area (Å²) >= 11 is 6.04. The van der Waals surface area contributed by atoms with Gasteiger partial charge in [-0.25, -0.2) is 4.98 Å².